The summed E-state index contributed by atoms with van der Waals surface area (Å²) in [5, 5.41) is 9.24. The largest absolute Gasteiger partial charge is 0.292 e. The summed E-state index contributed by atoms with van der Waals surface area (Å²) in [6.07, 6.45) is 0. The molecule has 1 unspecified atom stereocenters. The lowest BCUT2D eigenvalue weighted by molar-refractivity contribution is 0.0979. The minimum atomic E-state index is -0.902. The van der Waals surface area contributed by atoms with Gasteiger partial charge in [0.2, 0.25) is 0 Å². The molecular weight excluding hydrogens is 389 g/mol. The second-order valence-electron chi connectivity index (χ2n) is 4.11. The summed E-state index contributed by atoms with van der Waals surface area (Å²) in [5.41, 5.74) is 0.911. The molecule has 2 nitrogen and oxygen atoms in total. The summed E-state index contributed by atoms with van der Waals surface area (Å²) in [5.74, 6) is -1.70. The Kier molecular flexibility index (Phi) is 4.69. The number of hydrogen-bond donors (Lipinski definition) is 0. The Morgan fingerprint density at radius 2 is 1.80 bits per heavy atom. The van der Waals surface area contributed by atoms with E-state index in [1.54, 1.807) is 24.3 Å². The third kappa shape index (κ3) is 3.14. The molecule has 0 aliphatic carbocycles. The Hall–Kier alpha value is -1.51. The molecule has 0 radical (unpaired) electrons. The lowest BCUT2D eigenvalue weighted by atomic mass is 9.92. The maximum absolute atomic E-state index is 13.2. The van der Waals surface area contributed by atoms with Gasteiger partial charge in [0.1, 0.15) is 11.7 Å². The van der Waals surface area contributed by atoms with Crippen molar-refractivity contribution in [3.8, 4) is 6.07 Å². The minimum Gasteiger partial charge on any atom is -0.292 e. The number of ketones is 1. The van der Waals surface area contributed by atoms with Gasteiger partial charge in [0.25, 0.3) is 0 Å². The summed E-state index contributed by atoms with van der Waals surface area (Å²) < 4.78 is 14.3. The van der Waals surface area contributed by atoms with Crippen LogP contribution in [0.5, 0.6) is 0 Å². The normalized spacial score (nSPS) is 11.7. The van der Waals surface area contributed by atoms with Crippen molar-refractivity contribution in [3.63, 3.8) is 0 Å². The van der Waals surface area contributed by atoms with Crippen molar-refractivity contribution in [2.24, 2.45) is 0 Å². The first kappa shape index (κ1) is 14.9. The molecule has 0 bridgehead atoms. The van der Waals surface area contributed by atoms with E-state index in [4.69, 9.17) is 0 Å². The smallest absolute Gasteiger partial charge is 0.184 e. The van der Waals surface area contributed by atoms with Crippen LogP contribution in [0.15, 0.2) is 51.4 Å². The first-order chi connectivity index (χ1) is 9.52. The summed E-state index contributed by atoms with van der Waals surface area (Å²) >= 11 is 6.34. The molecule has 100 valence electrons. The number of rotatable bonds is 3. The summed E-state index contributed by atoms with van der Waals surface area (Å²) in [6, 6.07) is 12.9. The first-order valence-corrected chi connectivity index (χ1v) is 7.26. The van der Waals surface area contributed by atoms with Crippen LogP contribution < -0.4 is 0 Å². The van der Waals surface area contributed by atoms with Gasteiger partial charge in [0.05, 0.1) is 10.5 Å². The van der Waals surface area contributed by atoms with Crippen LogP contribution in [0, 0.1) is 17.1 Å². The molecule has 2 aromatic carbocycles. The Labute approximate surface area is 132 Å². The van der Waals surface area contributed by atoms with Gasteiger partial charge in [0, 0.05) is 10.0 Å². The van der Waals surface area contributed by atoms with E-state index >= 15 is 0 Å². The van der Waals surface area contributed by atoms with Crippen molar-refractivity contribution < 1.29 is 9.18 Å². The van der Waals surface area contributed by atoms with Crippen molar-refractivity contribution in [1.29, 1.82) is 5.26 Å². The Balaban J connectivity index is 2.36. The molecule has 0 fully saturated rings. The van der Waals surface area contributed by atoms with Gasteiger partial charge in [-0.1, -0.05) is 28.1 Å². The molecule has 0 aliphatic heterocycles. The number of nitrogens with zero attached hydrogens (tertiary/aromatic N) is 1. The fourth-order valence-corrected chi connectivity index (χ4v) is 2.40. The maximum Gasteiger partial charge on any atom is 0.184 e. The van der Waals surface area contributed by atoms with Gasteiger partial charge in [0.15, 0.2) is 5.78 Å². The Bertz CT molecular complexity index is 692. The topological polar surface area (TPSA) is 40.9 Å². The van der Waals surface area contributed by atoms with Crippen molar-refractivity contribution in [2.75, 3.05) is 0 Å². The van der Waals surface area contributed by atoms with Crippen molar-refractivity contribution in [2.45, 2.75) is 5.92 Å². The van der Waals surface area contributed by atoms with Crippen LogP contribution in [0.2, 0.25) is 0 Å². The van der Waals surface area contributed by atoms with E-state index in [0.717, 1.165) is 4.47 Å². The quantitative estimate of drug-likeness (QED) is 0.696. The molecule has 0 aromatic heterocycles. The van der Waals surface area contributed by atoms with Gasteiger partial charge >= 0.3 is 0 Å². The number of halogens is 3. The predicted octanol–water partition coefficient (Wildman–Crippen LogP) is 4.84. The Morgan fingerprint density at radius 1 is 1.15 bits per heavy atom. The van der Waals surface area contributed by atoms with E-state index in [1.807, 2.05) is 6.07 Å². The molecule has 0 amide bonds. The maximum atomic E-state index is 13.2. The highest BCUT2D eigenvalue weighted by molar-refractivity contribution is 9.10. The van der Waals surface area contributed by atoms with Gasteiger partial charge in [-0.3, -0.25) is 4.79 Å². The summed E-state index contributed by atoms with van der Waals surface area (Å²) in [4.78, 5) is 12.3. The fourth-order valence-electron chi connectivity index (χ4n) is 1.76. The summed E-state index contributed by atoms with van der Waals surface area (Å²) in [7, 11) is 0. The highest BCUT2D eigenvalue weighted by atomic mass is 79.9. The molecule has 5 heteroatoms. The lowest BCUT2D eigenvalue weighted by Crippen LogP contribution is -2.11. The van der Waals surface area contributed by atoms with Crippen LogP contribution in [0.4, 0.5) is 4.39 Å². The molecule has 0 saturated carbocycles. The number of hydrogen-bond acceptors (Lipinski definition) is 2. The van der Waals surface area contributed by atoms with Crippen molar-refractivity contribution >= 4 is 37.6 Å². The number of nitriles is 1. The monoisotopic (exact) mass is 395 g/mol. The molecular formula is C15H8Br2FNO. The van der Waals surface area contributed by atoms with Gasteiger partial charge < -0.3 is 0 Å². The van der Waals surface area contributed by atoms with E-state index in [-0.39, 0.29) is 10.3 Å². The zero-order valence-electron chi connectivity index (χ0n) is 10.1. The van der Waals surface area contributed by atoms with Gasteiger partial charge in [-0.2, -0.15) is 5.26 Å². The number of carbonyl (C=O) groups is 1. The van der Waals surface area contributed by atoms with Crippen LogP contribution in [0.1, 0.15) is 21.8 Å². The van der Waals surface area contributed by atoms with Gasteiger partial charge in [-0.05, 0) is 51.8 Å². The minimum absolute atomic E-state index is 0.204. The third-order valence-corrected chi connectivity index (χ3v) is 3.94. The van der Waals surface area contributed by atoms with Gasteiger partial charge in [-0.15, -0.1) is 0 Å². The van der Waals surface area contributed by atoms with E-state index in [1.165, 1.54) is 18.2 Å². The highest BCUT2D eigenvalue weighted by Crippen LogP contribution is 2.25. The molecule has 0 N–H and O–H groups in total. The van der Waals surface area contributed by atoms with Crippen LogP contribution in [0.3, 0.4) is 0 Å². The second kappa shape index (κ2) is 6.29. The number of Topliss-reactive ketones (excluding diaryl/α,β-unsaturated/α-hetero) is 1. The van der Waals surface area contributed by atoms with Crippen LogP contribution >= 0.6 is 31.9 Å². The molecule has 1 atom stereocenters. The first-order valence-electron chi connectivity index (χ1n) is 5.67. The van der Waals surface area contributed by atoms with Crippen molar-refractivity contribution in [3.05, 3.63) is 68.4 Å². The molecule has 0 aliphatic rings. The average Bonchev–Trinajstić information content (AvgIpc) is 2.44. The Morgan fingerprint density at radius 3 is 2.35 bits per heavy atom. The molecule has 0 heterocycles. The second-order valence-corrected chi connectivity index (χ2v) is 5.88. The molecule has 0 saturated heterocycles. The SMILES string of the molecule is N#CC(C(=O)c1ccc(F)c(Br)c1)c1ccc(Br)cc1. The zero-order valence-corrected chi connectivity index (χ0v) is 13.3. The van der Waals surface area contributed by atoms with Crippen LogP contribution in [-0.2, 0) is 0 Å². The van der Waals surface area contributed by atoms with E-state index in [2.05, 4.69) is 31.9 Å². The molecule has 0 spiro atoms. The molecule has 2 rings (SSSR count). The van der Waals surface area contributed by atoms with E-state index in [0.29, 0.717) is 11.1 Å². The van der Waals surface area contributed by atoms with Crippen LogP contribution in [0.25, 0.3) is 0 Å². The fraction of sp³-hybridized carbons (Fsp3) is 0.0667. The van der Waals surface area contributed by atoms with E-state index < -0.39 is 11.7 Å². The molecule has 2 aromatic rings. The van der Waals surface area contributed by atoms with Crippen molar-refractivity contribution in [1.82, 2.24) is 0 Å². The standard InChI is InChI=1S/C15H8Br2FNO/c16-11-4-1-9(2-5-11)12(8-19)15(20)10-3-6-14(18)13(17)7-10/h1-7,12H. The number of benzene rings is 2. The van der Waals surface area contributed by atoms with Crippen LogP contribution in [-0.4, -0.2) is 5.78 Å². The predicted molar refractivity (Wildman–Crippen MR) is 80.9 cm³/mol. The zero-order chi connectivity index (χ0) is 14.7. The lowest BCUT2D eigenvalue weighted by Gasteiger charge is -2.09. The number of carbonyl (C=O) groups excluding carboxylic acids is 1. The summed E-state index contributed by atoms with van der Waals surface area (Å²) in [6.45, 7) is 0. The highest BCUT2D eigenvalue weighted by Gasteiger charge is 2.22. The van der Waals surface area contributed by atoms with Gasteiger partial charge in [-0.25, -0.2) is 4.39 Å². The van der Waals surface area contributed by atoms with E-state index in [9.17, 15) is 14.4 Å². The molecule has 20 heavy (non-hydrogen) atoms. The average molecular weight is 397 g/mol. The third-order valence-electron chi connectivity index (χ3n) is 2.80.